The predicted octanol–water partition coefficient (Wildman–Crippen LogP) is 4.35. The number of hydrogen-bond acceptors (Lipinski definition) is 4. The minimum absolute atomic E-state index is 0.172. The Bertz CT molecular complexity index is 1190. The number of carbonyl (C=O) groups excluding carboxylic acids is 1. The zero-order valence-electron chi connectivity index (χ0n) is 17.1. The number of carbonyl (C=O) groups is 1. The minimum atomic E-state index is 0.172. The van der Waals surface area contributed by atoms with Crippen molar-refractivity contribution >= 4 is 22.4 Å². The number of aromatic nitrogens is 1. The molecule has 6 rings (SSSR count). The summed E-state index contributed by atoms with van der Waals surface area (Å²) in [6, 6.07) is 12.9. The fourth-order valence-corrected chi connectivity index (χ4v) is 4.64. The number of nitrogens with one attached hydrogen (secondary N) is 1. The molecule has 1 N–H and O–H groups in total. The van der Waals surface area contributed by atoms with Crippen LogP contribution in [0.1, 0.15) is 36.5 Å². The van der Waals surface area contributed by atoms with Gasteiger partial charge in [0.25, 0.3) is 0 Å². The van der Waals surface area contributed by atoms with Crippen molar-refractivity contribution in [3.63, 3.8) is 0 Å². The Morgan fingerprint density at radius 2 is 2.03 bits per heavy atom. The van der Waals surface area contributed by atoms with E-state index in [2.05, 4.69) is 34.6 Å². The summed E-state index contributed by atoms with van der Waals surface area (Å²) < 4.78 is 0. The average Bonchev–Trinajstić information content (AvgIpc) is 2.76. The molecule has 2 bridgehead atoms. The van der Waals surface area contributed by atoms with Crippen LogP contribution in [0.2, 0.25) is 0 Å². The van der Waals surface area contributed by atoms with Crippen molar-refractivity contribution in [2.24, 2.45) is 5.92 Å². The largest absolute Gasteiger partial charge is 0.384 e. The van der Waals surface area contributed by atoms with E-state index in [-0.39, 0.29) is 5.91 Å². The third-order valence-electron chi connectivity index (χ3n) is 6.54. The van der Waals surface area contributed by atoms with Crippen LogP contribution in [0.15, 0.2) is 42.7 Å². The number of anilines is 1. The highest BCUT2D eigenvalue weighted by Gasteiger charge is 2.22. The van der Waals surface area contributed by atoms with Crippen LogP contribution < -0.4 is 5.32 Å². The van der Waals surface area contributed by atoms with Crippen molar-refractivity contribution in [1.82, 2.24) is 9.88 Å². The molecule has 0 radical (unpaired) electrons. The first-order chi connectivity index (χ1) is 14.6. The van der Waals surface area contributed by atoms with Gasteiger partial charge < -0.3 is 10.2 Å². The van der Waals surface area contributed by atoms with E-state index in [0.717, 1.165) is 77.6 Å². The first kappa shape index (κ1) is 18.6. The number of rotatable bonds is 4. The molecule has 3 aromatic rings. The molecule has 1 saturated heterocycles. The number of fused-ring (bicyclic) bond motifs is 3. The summed E-state index contributed by atoms with van der Waals surface area (Å²) in [6.07, 6.45) is 6.68. The molecule has 1 aromatic heterocycles. The first-order valence-corrected chi connectivity index (χ1v) is 10.6. The molecule has 5 nitrogen and oxygen atoms in total. The lowest BCUT2D eigenvalue weighted by Crippen LogP contribution is -2.38. The van der Waals surface area contributed by atoms with Crippen molar-refractivity contribution in [3.05, 3.63) is 59.4 Å². The van der Waals surface area contributed by atoms with Gasteiger partial charge in [-0.25, -0.2) is 0 Å². The van der Waals surface area contributed by atoms with Gasteiger partial charge in [-0.2, -0.15) is 5.26 Å². The molecular formula is C25H24N4O. The van der Waals surface area contributed by atoms with E-state index in [1.165, 1.54) is 5.56 Å². The average molecular weight is 396 g/mol. The van der Waals surface area contributed by atoms with Crippen molar-refractivity contribution in [2.75, 3.05) is 25.0 Å². The highest BCUT2D eigenvalue weighted by atomic mass is 16.2. The molecule has 0 atom stereocenters. The summed E-state index contributed by atoms with van der Waals surface area (Å²) in [5.41, 5.74) is 6.61. The Hall–Kier alpha value is -3.39. The van der Waals surface area contributed by atoms with Gasteiger partial charge in [-0.1, -0.05) is 6.07 Å². The van der Waals surface area contributed by atoms with Crippen LogP contribution >= 0.6 is 0 Å². The highest BCUT2D eigenvalue weighted by molar-refractivity contribution is 5.97. The SMILES string of the molecule is CC(=O)N1CCC(CNc2cc(-c3cc(C#N)c4cc3C4)cc3ccncc23)CC1. The second-order valence-corrected chi connectivity index (χ2v) is 8.41. The van der Waals surface area contributed by atoms with Crippen LogP contribution in [0.4, 0.5) is 5.69 Å². The Morgan fingerprint density at radius 3 is 2.77 bits per heavy atom. The standard InChI is InChI=1S/C25H24N4O/c1-16(30)29-6-3-17(4-7-29)14-28-25-12-21(8-18-2-5-27-15-24(18)25)23-11-22(13-26)19-9-20(23)10-19/h2,5,8-9,11-12,15,17,28H,3-4,6-7,10,14H2,1H3. The second kappa shape index (κ2) is 7.46. The van der Waals surface area contributed by atoms with Crippen LogP contribution in [0, 0.1) is 17.2 Å². The van der Waals surface area contributed by atoms with E-state index in [1.807, 2.05) is 29.4 Å². The second-order valence-electron chi connectivity index (χ2n) is 8.41. The maximum absolute atomic E-state index is 11.6. The number of piperidine rings is 1. The molecule has 2 aromatic carbocycles. The van der Waals surface area contributed by atoms with E-state index in [0.29, 0.717) is 5.92 Å². The van der Waals surface area contributed by atoms with Gasteiger partial charge in [0, 0.05) is 50.0 Å². The number of amides is 1. The fourth-order valence-electron chi connectivity index (χ4n) is 4.64. The van der Waals surface area contributed by atoms with Crippen LogP contribution in [0.5, 0.6) is 0 Å². The molecule has 0 spiro atoms. The van der Waals surface area contributed by atoms with Gasteiger partial charge in [0.05, 0.1) is 11.6 Å². The number of nitrogens with zero attached hydrogens (tertiary/aromatic N) is 3. The van der Waals surface area contributed by atoms with Gasteiger partial charge in [-0.05, 0) is 77.1 Å². The number of hydrogen-bond donors (Lipinski definition) is 1. The lowest BCUT2D eigenvalue weighted by molar-refractivity contribution is -0.130. The van der Waals surface area contributed by atoms with Crippen molar-refractivity contribution in [2.45, 2.75) is 26.2 Å². The van der Waals surface area contributed by atoms with E-state index in [9.17, 15) is 10.1 Å². The van der Waals surface area contributed by atoms with E-state index < -0.39 is 0 Å². The van der Waals surface area contributed by atoms with Crippen LogP contribution in [-0.2, 0) is 11.2 Å². The number of likely N-dealkylation sites (tertiary alicyclic amines) is 1. The van der Waals surface area contributed by atoms with Gasteiger partial charge in [0.1, 0.15) is 0 Å². The molecule has 3 aliphatic rings. The first-order valence-electron chi connectivity index (χ1n) is 10.6. The van der Waals surface area contributed by atoms with Gasteiger partial charge in [-0.3, -0.25) is 9.78 Å². The normalized spacial score (nSPS) is 15.5. The van der Waals surface area contributed by atoms with E-state index in [4.69, 9.17) is 0 Å². The molecule has 2 aliphatic carbocycles. The molecule has 0 saturated carbocycles. The Kier molecular flexibility index (Phi) is 4.63. The van der Waals surface area contributed by atoms with Crippen LogP contribution in [0.3, 0.4) is 0 Å². The summed E-state index contributed by atoms with van der Waals surface area (Å²) >= 11 is 0. The zero-order valence-corrected chi connectivity index (χ0v) is 17.1. The maximum Gasteiger partial charge on any atom is 0.219 e. The lowest BCUT2D eigenvalue weighted by Gasteiger charge is -2.31. The molecule has 5 heteroatoms. The van der Waals surface area contributed by atoms with Crippen LogP contribution in [0.25, 0.3) is 21.9 Å². The van der Waals surface area contributed by atoms with Gasteiger partial charge >= 0.3 is 0 Å². The van der Waals surface area contributed by atoms with E-state index in [1.54, 1.807) is 6.92 Å². The van der Waals surface area contributed by atoms with E-state index >= 15 is 0 Å². The summed E-state index contributed by atoms with van der Waals surface area (Å²) in [4.78, 5) is 17.8. The number of pyridine rings is 1. The molecule has 2 heterocycles. The summed E-state index contributed by atoms with van der Waals surface area (Å²) in [7, 11) is 0. The molecule has 1 fully saturated rings. The summed E-state index contributed by atoms with van der Waals surface area (Å²) in [5.74, 6) is 0.723. The molecule has 0 unspecified atom stereocenters. The van der Waals surface area contributed by atoms with Crippen LogP contribution in [-0.4, -0.2) is 35.4 Å². The third kappa shape index (κ3) is 3.29. The molecule has 1 amide bonds. The highest BCUT2D eigenvalue weighted by Crippen LogP contribution is 2.38. The quantitative estimate of drug-likeness (QED) is 0.557. The van der Waals surface area contributed by atoms with Gasteiger partial charge in [0.2, 0.25) is 5.91 Å². The Morgan fingerprint density at radius 1 is 1.23 bits per heavy atom. The molecular weight excluding hydrogens is 372 g/mol. The van der Waals surface area contributed by atoms with Gasteiger partial charge in [-0.15, -0.1) is 0 Å². The van der Waals surface area contributed by atoms with Crippen molar-refractivity contribution < 1.29 is 4.79 Å². The lowest BCUT2D eigenvalue weighted by atomic mass is 9.81. The third-order valence-corrected chi connectivity index (χ3v) is 6.54. The zero-order chi connectivity index (χ0) is 20.7. The summed E-state index contributed by atoms with van der Waals surface area (Å²) in [6.45, 7) is 4.22. The number of nitriles is 1. The van der Waals surface area contributed by atoms with Crippen molar-refractivity contribution in [1.29, 1.82) is 5.26 Å². The number of benzene rings is 2. The fraction of sp³-hybridized carbons (Fsp3) is 0.320. The summed E-state index contributed by atoms with van der Waals surface area (Å²) in [5, 5.41) is 15.4. The van der Waals surface area contributed by atoms with Crippen molar-refractivity contribution in [3.8, 4) is 17.2 Å². The molecule has 150 valence electrons. The predicted molar refractivity (Wildman–Crippen MR) is 118 cm³/mol. The molecule has 1 aliphatic heterocycles. The topological polar surface area (TPSA) is 69.0 Å². The smallest absolute Gasteiger partial charge is 0.219 e. The Balaban J connectivity index is 1.43. The Labute approximate surface area is 176 Å². The van der Waals surface area contributed by atoms with Gasteiger partial charge in [0.15, 0.2) is 0 Å². The molecule has 30 heavy (non-hydrogen) atoms. The minimum Gasteiger partial charge on any atom is -0.384 e. The maximum atomic E-state index is 11.6. The monoisotopic (exact) mass is 396 g/mol.